The highest BCUT2D eigenvalue weighted by molar-refractivity contribution is 6.75. The Labute approximate surface area is 372 Å². The summed E-state index contributed by atoms with van der Waals surface area (Å²) in [7, 11) is -6.87. The van der Waals surface area contributed by atoms with Gasteiger partial charge < -0.3 is 23.3 Å². The predicted octanol–water partition coefficient (Wildman–Crippen LogP) is 15.8. The van der Waals surface area contributed by atoms with Crippen molar-refractivity contribution >= 4 is 31.0 Å². The highest BCUT2D eigenvalue weighted by Gasteiger charge is 2.48. The summed E-state index contributed by atoms with van der Waals surface area (Å²) in [4.78, 5) is 14.3. The first-order valence-electron chi connectivity index (χ1n) is 23.9. The van der Waals surface area contributed by atoms with E-state index in [1.165, 1.54) is 92.9 Å². The zero-order valence-corrected chi connectivity index (χ0v) is 44.6. The summed E-state index contributed by atoms with van der Waals surface area (Å²) < 4.78 is 28.4. The fraction of sp³-hybridized carbons (Fsp3) is 0.745. The van der Waals surface area contributed by atoms with Crippen LogP contribution in [0, 0.1) is 0 Å². The Kier molecular flexibility index (Phi) is 19.9. The monoisotopic (exact) mass is 882 g/mol. The molecule has 1 N–H and O–H groups in total. The highest BCUT2D eigenvalue weighted by Crippen LogP contribution is 2.45. The molecule has 0 saturated carbocycles. The van der Waals surface area contributed by atoms with Gasteiger partial charge in [0.1, 0.15) is 6.61 Å². The first-order chi connectivity index (χ1) is 27.8. The third kappa shape index (κ3) is 15.2. The molecule has 0 aliphatic heterocycles. The van der Waals surface area contributed by atoms with Crippen molar-refractivity contribution in [3.05, 3.63) is 59.7 Å². The number of carbonyl (C=O) groups excluding carboxylic acids is 1. The second-order valence-electron chi connectivity index (χ2n) is 22.6. The molecule has 0 spiro atoms. The van der Waals surface area contributed by atoms with Crippen LogP contribution in [0.1, 0.15) is 170 Å². The summed E-state index contributed by atoms with van der Waals surface area (Å²) in [5.41, 5.74) is 4.84. The molecule has 9 heteroatoms. The first-order valence-corrected chi connectivity index (χ1v) is 32.7. The van der Waals surface area contributed by atoms with Crippen molar-refractivity contribution in [3.8, 4) is 11.1 Å². The molecule has 0 saturated heterocycles. The normalized spacial score (nSPS) is 15.7. The maximum absolute atomic E-state index is 14.3. The second kappa shape index (κ2) is 22.7. The van der Waals surface area contributed by atoms with Crippen LogP contribution in [0.5, 0.6) is 0 Å². The van der Waals surface area contributed by atoms with E-state index in [1.54, 1.807) is 0 Å². The smallest absolute Gasteiger partial charge is 0.407 e. The Bertz CT molecular complexity index is 1540. The van der Waals surface area contributed by atoms with E-state index in [0.717, 1.165) is 12.8 Å². The molecule has 342 valence electrons. The molecule has 2 aromatic carbocycles. The number of rotatable bonds is 25. The van der Waals surface area contributed by atoms with Crippen LogP contribution >= 0.6 is 0 Å². The number of fused-ring (bicyclic) bond motifs is 3. The van der Waals surface area contributed by atoms with E-state index in [1.807, 2.05) is 0 Å². The lowest BCUT2D eigenvalue weighted by Gasteiger charge is -2.47. The Morgan fingerprint density at radius 3 is 1.47 bits per heavy atom. The number of unbranched alkanes of at least 4 members (excludes halogenated alkanes) is 11. The minimum Gasteiger partial charge on any atom is -0.449 e. The fourth-order valence-electron chi connectivity index (χ4n) is 7.49. The van der Waals surface area contributed by atoms with Gasteiger partial charge in [-0.2, -0.15) is 0 Å². The van der Waals surface area contributed by atoms with Crippen LogP contribution < -0.4 is 5.32 Å². The molecule has 1 amide bonds. The lowest BCUT2D eigenvalue weighted by Crippen LogP contribution is -2.61. The van der Waals surface area contributed by atoms with Crippen molar-refractivity contribution in [1.29, 1.82) is 0 Å². The van der Waals surface area contributed by atoms with Gasteiger partial charge in [-0.15, -0.1) is 0 Å². The van der Waals surface area contributed by atoms with E-state index in [2.05, 4.69) is 162 Å². The average Bonchev–Trinajstić information content (AvgIpc) is 3.46. The number of alkyl carbamates (subject to hydrolysis) is 1. The number of ether oxygens (including phenoxy) is 1. The fourth-order valence-corrected chi connectivity index (χ4v) is 11.2. The van der Waals surface area contributed by atoms with Gasteiger partial charge in [0.05, 0.1) is 24.9 Å². The highest BCUT2D eigenvalue weighted by atomic mass is 28.4. The Hall–Kier alpha value is -1.76. The molecule has 3 rings (SSSR count). The number of carbonyl (C=O) groups is 1. The van der Waals surface area contributed by atoms with Crippen molar-refractivity contribution < 1.29 is 22.8 Å². The predicted molar refractivity (Wildman–Crippen MR) is 265 cm³/mol. The van der Waals surface area contributed by atoms with Crippen molar-refractivity contribution in [2.45, 2.75) is 231 Å². The first kappa shape index (κ1) is 52.6. The molecule has 0 unspecified atom stereocenters. The SMILES string of the molecule is CCCCCCCCCCCCCC[C@@H](O[Si](C)(C)C(C)(C)C)[C@@H](O[Si](C)(C)C(C)(C)C)[C@H](CO[Si](C)(C)C(C)(C)C)NC(=O)OCC1c2ccccc2-c2ccccc21. The standard InChI is InChI=1S/C51H91NO5Si3/c1-17-18-19-20-21-22-23-24-25-26-27-28-37-46(56-59(13,14)50(5,6)7)47(57-60(15,16)51(8,9)10)45(39-55-58(11,12)49(2,3)4)52-48(53)54-38-44-42-35-31-29-33-40(42)41-34-30-32-36-43(41)44/h29-36,44-47H,17-28,37-39H2,1-16H3,(H,52,53)/t45-,46+,47-/m0/s1. The Morgan fingerprint density at radius 2 is 1.02 bits per heavy atom. The molecule has 60 heavy (non-hydrogen) atoms. The van der Waals surface area contributed by atoms with Gasteiger partial charge in [-0.05, 0) is 83.1 Å². The molecular formula is C51H91NO5Si3. The van der Waals surface area contributed by atoms with Crippen LogP contribution in [-0.2, 0) is 18.0 Å². The van der Waals surface area contributed by atoms with Crippen LogP contribution in [0.2, 0.25) is 54.4 Å². The minimum absolute atomic E-state index is 0.00317. The van der Waals surface area contributed by atoms with Crippen molar-refractivity contribution in [3.63, 3.8) is 0 Å². The molecule has 0 aromatic heterocycles. The van der Waals surface area contributed by atoms with Crippen LogP contribution in [-0.4, -0.2) is 62.5 Å². The van der Waals surface area contributed by atoms with Gasteiger partial charge in [0, 0.05) is 5.92 Å². The van der Waals surface area contributed by atoms with Gasteiger partial charge in [-0.1, -0.05) is 195 Å². The molecular weight excluding hydrogens is 791 g/mol. The molecule has 0 bridgehead atoms. The van der Waals surface area contributed by atoms with Gasteiger partial charge in [-0.25, -0.2) is 4.79 Å². The van der Waals surface area contributed by atoms with Gasteiger partial charge in [0.25, 0.3) is 0 Å². The molecule has 2 aromatic rings. The summed E-state index contributed by atoms with van der Waals surface area (Å²) in [6, 6.07) is 16.5. The zero-order valence-electron chi connectivity index (χ0n) is 41.6. The summed E-state index contributed by atoms with van der Waals surface area (Å²) in [6.45, 7) is 37.5. The number of hydrogen-bond donors (Lipinski definition) is 1. The number of amides is 1. The van der Waals surface area contributed by atoms with Gasteiger partial charge in [0.2, 0.25) is 0 Å². The Balaban J connectivity index is 1.93. The molecule has 1 aliphatic carbocycles. The van der Waals surface area contributed by atoms with Crippen LogP contribution in [0.25, 0.3) is 11.1 Å². The maximum atomic E-state index is 14.3. The van der Waals surface area contributed by atoms with Crippen LogP contribution in [0.4, 0.5) is 4.79 Å². The zero-order chi connectivity index (χ0) is 45.0. The molecule has 6 nitrogen and oxygen atoms in total. The molecule has 0 heterocycles. The van der Waals surface area contributed by atoms with E-state index in [9.17, 15) is 4.79 Å². The largest absolute Gasteiger partial charge is 0.449 e. The number of nitrogens with one attached hydrogen (secondary N) is 1. The van der Waals surface area contributed by atoms with E-state index in [-0.39, 0.29) is 33.7 Å². The molecule has 0 fully saturated rings. The van der Waals surface area contributed by atoms with Gasteiger partial charge >= 0.3 is 6.09 Å². The summed E-state index contributed by atoms with van der Waals surface area (Å²) in [5.74, 6) is -0.0233. The van der Waals surface area contributed by atoms with E-state index in [0.29, 0.717) is 6.61 Å². The second-order valence-corrected chi connectivity index (χ2v) is 36.9. The summed E-state index contributed by atoms with van der Waals surface area (Å²) in [6.07, 6.45) is 15.5. The number of hydrogen-bond acceptors (Lipinski definition) is 5. The quantitative estimate of drug-likeness (QED) is 0.0795. The maximum Gasteiger partial charge on any atom is 0.407 e. The summed E-state index contributed by atoms with van der Waals surface area (Å²) in [5, 5.41) is 3.38. The minimum atomic E-state index is -2.38. The Morgan fingerprint density at radius 1 is 0.600 bits per heavy atom. The molecule has 1 aliphatic rings. The van der Waals surface area contributed by atoms with E-state index >= 15 is 0 Å². The van der Waals surface area contributed by atoms with Gasteiger partial charge in [-0.3, -0.25) is 0 Å². The topological polar surface area (TPSA) is 66.0 Å². The third-order valence-corrected chi connectivity index (χ3v) is 28.2. The lowest BCUT2D eigenvalue weighted by molar-refractivity contribution is -0.00561. The molecule has 3 atom stereocenters. The van der Waals surface area contributed by atoms with Gasteiger partial charge in [0.15, 0.2) is 25.0 Å². The average molecular weight is 883 g/mol. The van der Waals surface area contributed by atoms with Crippen LogP contribution in [0.15, 0.2) is 48.5 Å². The van der Waals surface area contributed by atoms with E-state index < -0.39 is 43.2 Å². The van der Waals surface area contributed by atoms with Crippen molar-refractivity contribution in [2.24, 2.45) is 0 Å². The van der Waals surface area contributed by atoms with E-state index in [4.69, 9.17) is 18.0 Å². The third-order valence-electron chi connectivity index (χ3n) is 14.7. The van der Waals surface area contributed by atoms with Crippen molar-refractivity contribution in [2.75, 3.05) is 13.2 Å². The number of benzene rings is 2. The summed E-state index contributed by atoms with van der Waals surface area (Å²) >= 11 is 0. The molecule has 0 radical (unpaired) electrons. The van der Waals surface area contributed by atoms with Crippen LogP contribution in [0.3, 0.4) is 0 Å². The van der Waals surface area contributed by atoms with Crippen molar-refractivity contribution in [1.82, 2.24) is 5.32 Å². The lowest BCUT2D eigenvalue weighted by atomic mass is 9.98.